The topological polar surface area (TPSA) is 62.1 Å². The first-order chi connectivity index (χ1) is 14.9. The van der Waals surface area contributed by atoms with Gasteiger partial charge in [0, 0.05) is 15.7 Å². The zero-order valence-electron chi connectivity index (χ0n) is 17.7. The molecule has 0 aromatic heterocycles. The van der Waals surface area contributed by atoms with Gasteiger partial charge < -0.3 is 10.1 Å². The number of halogens is 1. The molecule has 4 nitrogen and oxygen atoms in total. The van der Waals surface area contributed by atoms with Crippen LogP contribution in [0.4, 0.5) is 5.69 Å². The maximum absolute atomic E-state index is 12.8. The van der Waals surface area contributed by atoms with Crippen molar-refractivity contribution in [3.05, 3.63) is 98.5 Å². The average molecular weight is 475 g/mol. The predicted molar refractivity (Wildman–Crippen MR) is 128 cm³/mol. The molecule has 5 heteroatoms. The molecule has 156 valence electrons. The van der Waals surface area contributed by atoms with Crippen LogP contribution in [0.1, 0.15) is 27.8 Å². The molecule has 1 N–H and O–H groups in total. The van der Waals surface area contributed by atoms with Gasteiger partial charge in [-0.1, -0.05) is 57.9 Å². The number of hydrogen-bond acceptors (Lipinski definition) is 3. The maximum atomic E-state index is 12.8. The molecule has 0 aliphatic rings. The minimum atomic E-state index is -0.458. The van der Waals surface area contributed by atoms with Gasteiger partial charge in [-0.25, -0.2) is 0 Å². The van der Waals surface area contributed by atoms with E-state index in [1.54, 1.807) is 6.08 Å². The smallest absolute Gasteiger partial charge is 0.266 e. The number of hydrogen-bond donors (Lipinski definition) is 1. The van der Waals surface area contributed by atoms with Gasteiger partial charge in [0.25, 0.3) is 5.91 Å². The van der Waals surface area contributed by atoms with E-state index < -0.39 is 5.91 Å². The number of ether oxygens (including phenoxy) is 1. The monoisotopic (exact) mass is 474 g/mol. The summed E-state index contributed by atoms with van der Waals surface area (Å²) in [6.07, 6.45) is 1.55. The van der Waals surface area contributed by atoms with Crippen LogP contribution in [0, 0.1) is 32.1 Å². The summed E-state index contributed by atoms with van der Waals surface area (Å²) in [6.45, 7) is 6.29. The highest BCUT2D eigenvalue weighted by Gasteiger charge is 2.13. The second-order valence-corrected chi connectivity index (χ2v) is 8.32. The van der Waals surface area contributed by atoms with Crippen LogP contribution >= 0.6 is 15.9 Å². The fourth-order valence-electron chi connectivity index (χ4n) is 3.09. The molecule has 1 amide bonds. The highest BCUT2D eigenvalue weighted by Crippen LogP contribution is 2.27. The number of benzene rings is 3. The Hall–Kier alpha value is -3.36. The van der Waals surface area contributed by atoms with Gasteiger partial charge >= 0.3 is 0 Å². The molecule has 3 rings (SSSR count). The van der Waals surface area contributed by atoms with Crippen molar-refractivity contribution in [2.45, 2.75) is 27.4 Å². The molecule has 0 unspecified atom stereocenters. The second-order valence-electron chi connectivity index (χ2n) is 7.40. The molecule has 3 aromatic carbocycles. The van der Waals surface area contributed by atoms with Gasteiger partial charge in [-0.2, -0.15) is 5.26 Å². The summed E-state index contributed by atoms with van der Waals surface area (Å²) < 4.78 is 6.83. The zero-order chi connectivity index (χ0) is 22.4. The van der Waals surface area contributed by atoms with Crippen molar-refractivity contribution in [2.75, 3.05) is 5.32 Å². The van der Waals surface area contributed by atoms with Gasteiger partial charge in [0.1, 0.15) is 24.0 Å². The third-order valence-corrected chi connectivity index (χ3v) is 5.25. The van der Waals surface area contributed by atoms with Gasteiger partial charge in [-0.15, -0.1) is 0 Å². The van der Waals surface area contributed by atoms with Crippen molar-refractivity contribution in [3.63, 3.8) is 0 Å². The lowest BCUT2D eigenvalue weighted by molar-refractivity contribution is -0.112. The van der Waals surface area contributed by atoms with E-state index in [2.05, 4.69) is 27.3 Å². The lowest BCUT2D eigenvalue weighted by atomic mass is 10.1. The normalized spacial score (nSPS) is 11.0. The number of carbonyl (C=O) groups excluding carboxylic acids is 1. The Bertz CT molecular complexity index is 1190. The molecule has 0 aliphatic carbocycles. The number of nitriles is 1. The Morgan fingerprint density at radius 3 is 2.58 bits per heavy atom. The third-order valence-electron chi connectivity index (χ3n) is 4.75. The van der Waals surface area contributed by atoms with Gasteiger partial charge in [-0.05, 0) is 67.8 Å². The summed E-state index contributed by atoms with van der Waals surface area (Å²) in [5.74, 6) is 0.137. The Morgan fingerprint density at radius 2 is 1.84 bits per heavy atom. The van der Waals surface area contributed by atoms with Crippen molar-refractivity contribution in [1.82, 2.24) is 0 Å². The summed E-state index contributed by atoms with van der Waals surface area (Å²) in [5, 5.41) is 12.5. The maximum Gasteiger partial charge on any atom is 0.266 e. The third kappa shape index (κ3) is 6.07. The molecule has 0 bridgehead atoms. The lowest BCUT2D eigenvalue weighted by Gasteiger charge is -2.12. The van der Waals surface area contributed by atoms with Crippen LogP contribution in [0.15, 0.2) is 70.7 Å². The minimum absolute atomic E-state index is 0.000545. The van der Waals surface area contributed by atoms with Crippen molar-refractivity contribution >= 4 is 33.6 Å². The first-order valence-corrected chi connectivity index (χ1v) is 10.6. The number of amides is 1. The molecule has 0 atom stereocenters. The molecule has 0 radical (unpaired) electrons. The van der Waals surface area contributed by atoms with Crippen molar-refractivity contribution < 1.29 is 9.53 Å². The Labute approximate surface area is 191 Å². The Morgan fingerprint density at radius 1 is 1.06 bits per heavy atom. The summed E-state index contributed by atoms with van der Waals surface area (Å²) in [4.78, 5) is 12.8. The molecular formula is C26H23BrN2O2. The van der Waals surface area contributed by atoms with Crippen LogP contribution in [0.25, 0.3) is 6.08 Å². The van der Waals surface area contributed by atoms with Crippen LogP contribution in [0.3, 0.4) is 0 Å². The Kier molecular flexibility index (Phi) is 7.28. The van der Waals surface area contributed by atoms with E-state index in [-0.39, 0.29) is 5.57 Å². The van der Waals surface area contributed by atoms with Crippen LogP contribution in [-0.4, -0.2) is 5.91 Å². The van der Waals surface area contributed by atoms with E-state index in [9.17, 15) is 10.1 Å². The largest absolute Gasteiger partial charge is 0.488 e. The second kappa shape index (κ2) is 10.1. The van der Waals surface area contributed by atoms with Gasteiger partial charge in [0.05, 0.1) is 0 Å². The quantitative estimate of drug-likeness (QED) is 0.327. The Balaban J connectivity index is 1.85. The SMILES string of the molecule is Cc1cccc(COc2ccc(Br)cc2/C=C(\C#N)C(=O)Nc2cc(C)ccc2C)c1. The first-order valence-electron chi connectivity index (χ1n) is 9.84. The molecular weight excluding hydrogens is 452 g/mol. The van der Waals surface area contributed by atoms with Crippen molar-refractivity contribution in [3.8, 4) is 11.8 Å². The van der Waals surface area contributed by atoms with Crippen LogP contribution in [0.2, 0.25) is 0 Å². The van der Waals surface area contributed by atoms with E-state index in [1.165, 1.54) is 0 Å². The van der Waals surface area contributed by atoms with Crippen LogP contribution < -0.4 is 10.1 Å². The number of rotatable bonds is 6. The highest BCUT2D eigenvalue weighted by molar-refractivity contribution is 9.10. The summed E-state index contributed by atoms with van der Waals surface area (Å²) in [7, 11) is 0. The molecule has 31 heavy (non-hydrogen) atoms. The zero-order valence-corrected chi connectivity index (χ0v) is 19.3. The highest BCUT2D eigenvalue weighted by atomic mass is 79.9. The molecule has 0 heterocycles. The molecule has 0 saturated carbocycles. The van der Waals surface area contributed by atoms with E-state index >= 15 is 0 Å². The number of carbonyl (C=O) groups is 1. The van der Waals surface area contributed by atoms with E-state index in [0.717, 1.165) is 26.7 Å². The lowest BCUT2D eigenvalue weighted by Crippen LogP contribution is -2.14. The van der Waals surface area contributed by atoms with E-state index in [4.69, 9.17) is 4.74 Å². The van der Waals surface area contributed by atoms with Crippen molar-refractivity contribution in [1.29, 1.82) is 5.26 Å². The number of nitrogens with zero attached hydrogens (tertiary/aromatic N) is 1. The minimum Gasteiger partial charge on any atom is -0.488 e. The number of aryl methyl sites for hydroxylation is 3. The summed E-state index contributed by atoms with van der Waals surface area (Å²) in [6, 6.07) is 21.4. The average Bonchev–Trinajstić information content (AvgIpc) is 2.74. The number of anilines is 1. The summed E-state index contributed by atoms with van der Waals surface area (Å²) >= 11 is 3.45. The molecule has 3 aromatic rings. The van der Waals surface area contributed by atoms with E-state index in [0.29, 0.717) is 23.6 Å². The van der Waals surface area contributed by atoms with E-state index in [1.807, 2.05) is 81.4 Å². The predicted octanol–water partition coefficient (Wildman–Crippen LogP) is 6.50. The van der Waals surface area contributed by atoms with Gasteiger partial charge in [-0.3, -0.25) is 4.79 Å². The van der Waals surface area contributed by atoms with Crippen LogP contribution in [-0.2, 0) is 11.4 Å². The van der Waals surface area contributed by atoms with Crippen LogP contribution in [0.5, 0.6) is 5.75 Å². The molecule has 0 saturated heterocycles. The van der Waals surface area contributed by atoms with Gasteiger partial charge in [0.15, 0.2) is 0 Å². The standard InChI is InChI=1S/C26H23BrN2O2/c1-17-5-4-6-20(11-17)16-31-25-10-9-23(27)14-21(25)13-22(15-28)26(30)29-24-12-18(2)7-8-19(24)3/h4-14H,16H2,1-3H3,(H,29,30)/b22-13+. The first kappa shape index (κ1) is 22.3. The fourth-order valence-corrected chi connectivity index (χ4v) is 3.47. The number of nitrogens with one attached hydrogen (secondary N) is 1. The summed E-state index contributed by atoms with van der Waals surface area (Å²) in [5.41, 5.74) is 5.51. The molecule has 0 spiro atoms. The fraction of sp³-hybridized carbons (Fsp3) is 0.154. The van der Waals surface area contributed by atoms with Gasteiger partial charge in [0.2, 0.25) is 0 Å². The van der Waals surface area contributed by atoms with Crippen molar-refractivity contribution in [2.24, 2.45) is 0 Å². The molecule has 0 fully saturated rings. The molecule has 0 aliphatic heterocycles.